The lowest BCUT2D eigenvalue weighted by Crippen LogP contribution is -2.43. The van der Waals surface area contributed by atoms with Gasteiger partial charge in [-0.05, 0) is 18.9 Å². The van der Waals surface area contributed by atoms with Gasteiger partial charge in [0.1, 0.15) is 0 Å². The van der Waals surface area contributed by atoms with Crippen molar-refractivity contribution in [3.05, 3.63) is 48.6 Å². The summed E-state index contributed by atoms with van der Waals surface area (Å²) in [5, 5.41) is 0. The van der Waals surface area contributed by atoms with Crippen molar-refractivity contribution >= 4 is 5.91 Å². The van der Waals surface area contributed by atoms with Crippen molar-refractivity contribution in [3.8, 4) is 0 Å². The molecule has 0 aliphatic rings. The number of benzene rings is 1. The first kappa shape index (κ1) is 13.5. The maximum absolute atomic E-state index is 11.8. The molecule has 1 amide bonds. The minimum absolute atomic E-state index is 0.0270. The Kier molecular flexibility index (Phi) is 5.43. The number of amides is 1. The summed E-state index contributed by atoms with van der Waals surface area (Å²) < 4.78 is 0. The zero-order valence-electron chi connectivity index (χ0n) is 10.3. The number of rotatable bonds is 6. The predicted octanol–water partition coefficient (Wildman–Crippen LogP) is 1.59. The van der Waals surface area contributed by atoms with E-state index in [9.17, 15) is 4.79 Å². The number of nitrogens with zero attached hydrogens (tertiary/aromatic N) is 1. The number of nitrogens with two attached hydrogens (primary N) is 1. The van der Waals surface area contributed by atoms with Crippen LogP contribution in [0.1, 0.15) is 12.5 Å². The van der Waals surface area contributed by atoms with E-state index in [2.05, 4.69) is 18.7 Å². The molecule has 0 aromatic heterocycles. The minimum Gasteiger partial charge on any atom is -0.337 e. The molecule has 1 aromatic rings. The largest absolute Gasteiger partial charge is 0.337 e. The van der Waals surface area contributed by atoms with Gasteiger partial charge in [0.05, 0.1) is 6.04 Å². The van der Waals surface area contributed by atoms with E-state index < -0.39 is 6.04 Å². The van der Waals surface area contributed by atoms with Gasteiger partial charge in [-0.3, -0.25) is 4.79 Å². The standard InChI is InChI=1S/C14H20N2O/c1-3-10-16(14(17)12(2)15)11-9-13-7-5-4-6-8-13/h3-8,12H,1,9-11,15H2,2H3/t12-/m1/s1. The summed E-state index contributed by atoms with van der Waals surface area (Å²) in [6.07, 6.45) is 2.57. The normalized spacial score (nSPS) is 11.9. The maximum atomic E-state index is 11.8. The molecule has 2 N–H and O–H groups in total. The SMILES string of the molecule is C=CCN(CCc1ccccc1)C(=O)[C@@H](C)N. The van der Waals surface area contributed by atoms with E-state index in [1.54, 1.807) is 17.9 Å². The molecule has 3 heteroatoms. The fourth-order valence-corrected chi connectivity index (χ4v) is 1.64. The lowest BCUT2D eigenvalue weighted by atomic mass is 10.1. The predicted molar refractivity (Wildman–Crippen MR) is 70.6 cm³/mol. The summed E-state index contributed by atoms with van der Waals surface area (Å²) in [6, 6.07) is 9.65. The lowest BCUT2D eigenvalue weighted by Gasteiger charge is -2.23. The van der Waals surface area contributed by atoms with E-state index in [4.69, 9.17) is 5.73 Å². The second-order valence-corrected chi connectivity index (χ2v) is 4.10. The molecule has 0 aliphatic carbocycles. The number of hydrogen-bond acceptors (Lipinski definition) is 2. The van der Waals surface area contributed by atoms with Gasteiger partial charge in [-0.25, -0.2) is 0 Å². The van der Waals surface area contributed by atoms with Crippen LogP contribution in [0.25, 0.3) is 0 Å². The van der Waals surface area contributed by atoms with E-state index in [0.717, 1.165) is 6.42 Å². The molecule has 0 spiro atoms. The molecule has 0 aliphatic heterocycles. The Morgan fingerprint density at radius 3 is 2.65 bits per heavy atom. The van der Waals surface area contributed by atoms with Crippen molar-refractivity contribution in [3.63, 3.8) is 0 Å². The van der Waals surface area contributed by atoms with Crippen molar-refractivity contribution in [2.75, 3.05) is 13.1 Å². The van der Waals surface area contributed by atoms with E-state index >= 15 is 0 Å². The molecular weight excluding hydrogens is 212 g/mol. The fourth-order valence-electron chi connectivity index (χ4n) is 1.64. The number of hydrogen-bond donors (Lipinski definition) is 1. The van der Waals surface area contributed by atoms with Crippen LogP contribution in [-0.2, 0) is 11.2 Å². The second-order valence-electron chi connectivity index (χ2n) is 4.10. The number of carbonyl (C=O) groups excluding carboxylic acids is 1. The van der Waals surface area contributed by atoms with Crippen LogP contribution in [0, 0.1) is 0 Å². The average Bonchev–Trinajstić information content (AvgIpc) is 2.34. The van der Waals surface area contributed by atoms with Gasteiger partial charge < -0.3 is 10.6 Å². The maximum Gasteiger partial charge on any atom is 0.239 e. The van der Waals surface area contributed by atoms with Gasteiger partial charge in [-0.2, -0.15) is 0 Å². The number of carbonyl (C=O) groups is 1. The monoisotopic (exact) mass is 232 g/mol. The molecule has 0 saturated heterocycles. The Morgan fingerprint density at radius 2 is 2.12 bits per heavy atom. The van der Waals surface area contributed by atoms with Crippen LogP contribution >= 0.6 is 0 Å². The summed E-state index contributed by atoms with van der Waals surface area (Å²) in [4.78, 5) is 13.5. The molecule has 92 valence electrons. The Hall–Kier alpha value is -1.61. The van der Waals surface area contributed by atoms with Gasteiger partial charge in [-0.15, -0.1) is 6.58 Å². The third-order valence-corrected chi connectivity index (χ3v) is 2.56. The van der Waals surface area contributed by atoms with Gasteiger partial charge >= 0.3 is 0 Å². The van der Waals surface area contributed by atoms with E-state index in [0.29, 0.717) is 13.1 Å². The van der Waals surface area contributed by atoms with Gasteiger partial charge in [0, 0.05) is 13.1 Å². The van der Waals surface area contributed by atoms with Crippen LogP contribution in [0.3, 0.4) is 0 Å². The van der Waals surface area contributed by atoms with E-state index in [-0.39, 0.29) is 5.91 Å². The summed E-state index contributed by atoms with van der Waals surface area (Å²) in [7, 11) is 0. The van der Waals surface area contributed by atoms with Crippen LogP contribution in [0.5, 0.6) is 0 Å². The van der Waals surface area contributed by atoms with Crippen molar-refractivity contribution in [1.29, 1.82) is 0 Å². The summed E-state index contributed by atoms with van der Waals surface area (Å²) in [6.45, 7) is 6.60. The van der Waals surface area contributed by atoms with Crippen LogP contribution in [0.4, 0.5) is 0 Å². The van der Waals surface area contributed by atoms with Gasteiger partial charge in [0.15, 0.2) is 0 Å². The zero-order chi connectivity index (χ0) is 12.7. The summed E-state index contributed by atoms with van der Waals surface area (Å²) in [5.41, 5.74) is 6.83. The molecule has 3 nitrogen and oxygen atoms in total. The quantitative estimate of drug-likeness (QED) is 0.757. The average molecular weight is 232 g/mol. The highest BCUT2D eigenvalue weighted by Gasteiger charge is 2.15. The van der Waals surface area contributed by atoms with Crippen LogP contribution in [0.15, 0.2) is 43.0 Å². The molecule has 0 radical (unpaired) electrons. The molecule has 1 atom stereocenters. The van der Waals surface area contributed by atoms with Crippen molar-refractivity contribution in [1.82, 2.24) is 4.90 Å². The third-order valence-electron chi connectivity index (χ3n) is 2.56. The molecular formula is C14H20N2O. The Morgan fingerprint density at radius 1 is 1.47 bits per heavy atom. The molecule has 1 aromatic carbocycles. The van der Waals surface area contributed by atoms with Crippen molar-refractivity contribution in [2.24, 2.45) is 5.73 Å². The van der Waals surface area contributed by atoms with Gasteiger partial charge in [-0.1, -0.05) is 36.4 Å². The first-order valence-corrected chi connectivity index (χ1v) is 5.84. The molecule has 0 fully saturated rings. The molecule has 17 heavy (non-hydrogen) atoms. The molecule has 0 unspecified atom stereocenters. The first-order chi connectivity index (χ1) is 8.15. The van der Waals surface area contributed by atoms with Gasteiger partial charge in [0.25, 0.3) is 0 Å². The van der Waals surface area contributed by atoms with Crippen LogP contribution in [0.2, 0.25) is 0 Å². The molecule has 0 bridgehead atoms. The van der Waals surface area contributed by atoms with E-state index in [1.165, 1.54) is 5.56 Å². The van der Waals surface area contributed by atoms with Crippen molar-refractivity contribution in [2.45, 2.75) is 19.4 Å². The highest BCUT2D eigenvalue weighted by molar-refractivity contribution is 5.81. The van der Waals surface area contributed by atoms with Crippen LogP contribution in [-0.4, -0.2) is 29.9 Å². The van der Waals surface area contributed by atoms with Crippen LogP contribution < -0.4 is 5.73 Å². The van der Waals surface area contributed by atoms with Gasteiger partial charge in [0.2, 0.25) is 5.91 Å². The zero-order valence-corrected chi connectivity index (χ0v) is 10.3. The minimum atomic E-state index is -0.453. The summed E-state index contributed by atoms with van der Waals surface area (Å²) >= 11 is 0. The first-order valence-electron chi connectivity index (χ1n) is 5.84. The van der Waals surface area contributed by atoms with E-state index in [1.807, 2.05) is 18.2 Å². The highest BCUT2D eigenvalue weighted by Crippen LogP contribution is 2.02. The fraction of sp³-hybridized carbons (Fsp3) is 0.357. The topological polar surface area (TPSA) is 46.3 Å². The molecule has 0 heterocycles. The summed E-state index contributed by atoms with van der Waals surface area (Å²) in [5.74, 6) is -0.0270. The molecule has 0 saturated carbocycles. The van der Waals surface area contributed by atoms with Crippen molar-refractivity contribution < 1.29 is 4.79 Å². The third kappa shape index (κ3) is 4.41. The Balaban J connectivity index is 2.56. The lowest BCUT2D eigenvalue weighted by molar-refractivity contribution is -0.131. The second kappa shape index (κ2) is 6.86. The smallest absolute Gasteiger partial charge is 0.239 e. The molecule has 1 rings (SSSR count). The Labute approximate surface area is 103 Å². The highest BCUT2D eigenvalue weighted by atomic mass is 16.2. The Bertz CT molecular complexity index is 360.